The number of carbonyl (C=O) groups excluding carboxylic acids is 3. The van der Waals surface area contributed by atoms with E-state index >= 15 is 0 Å². The van der Waals surface area contributed by atoms with Crippen molar-refractivity contribution >= 4 is 23.5 Å². The van der Waals surface area contributed by atoms with E-state index in [-0.39, 0.29) is 33.9 Å². The largest absolute Gasteiger partial charge is 0.481 e. The number of hydrogen-bond donors (Lipinski definition) is 1. The third-order valence-corrected chi connectivity index (χ3v) is 14.5. The van der Waals surface area contributed by atoms with Gasteiger partial charge < -0.3 is 14.6 Å². The summed E-state index contributed by atoms with van der Waals surface area (Å²) in [6.07, 6.45) is 8.12. The molecule has 8 heteroatoms. The Kier molecular flexibility index (Phi) is 8.22. The van der Waals surface area contributed by atoms with Gasteiger partial charge in [-0.05, 0) is 102 Å². The third kappa shape index (κ3) is 4.86. The smallest absolute Gasteiger partial charge is 0.313 e. The minimum absolute atomic E-state index is 0.0246. The molecule has 0 spiro atoms. The van der Waals surface area contributed by atoms with Gasteiger partial charge in [0.2, 0.25) is 0 Å². The molecule has 0 unspecified atom stereocenters. The van der Waals surface area contributed by atoms with Gasteiger partial charge in [-0.15, -0.1) is 0 Å². The average molecular weight is 612 g/mol. The Morgan fingerprint density at radius 2 is 1.61 bits per heavy atom. The van der Waals surface area contributed by atoms with Crippen LogP contribution >= 0.6 is 0 Å². The van der Waals surface area contributed by atoms with Crippen LogP contribution in [0.2, 0.25) is 0 Å². The van der Waals surface area contributed by atoms with Crippen molar-refractivity contribution in [3.63, 3.8) is 0 Å². The van der Waals surface area contributed by atoms with Gasteiger partial charge in [0.05, 0.1) is 18.8 Å². The first-order valence-corrected chi connectivity index (χ1v) is 16.8. The first kappa shape index (κ1) is 33.1. The van der Waals surface area contributed by atoms with Crippen LogP contribution in [0.4, 0.5) is 0 Å². The van der Waals surface area contributed by atoms with Crippen LogP contribution in [0.1, 0.15) is 119 Å². The van der Waals surface area contributed by atoms with Crippen LogP contribution in [0, 0.1) is 67.5 Å². The Morgan fingerprint density at radius 1 is 0.932 bits per heavy atom. The predicted molar refractivity (Wildman–Crippen MR) is 163 cm³/mol. The van der Waals surface area contributed by atoms with Gasteiger partial charge in [0, 0.05) is 11.8 Å². The molecule has 8 nitrogen and oxygen atoms in total. The Hall–Kier alpha value is -2.27. The maximum atomic E-state index is 13.7. The molecule has 1 aliphatic heterocycles. The number of carbonyl (C=O) groups is 4. The molecule has 5 rings (SSSR count). The van der Waals surface area contributed by atoms with E-state index < -0.39 is 48.0 Å². The topological polar surface area (TPSA) is 131 Å². The molecule has 5 fully saturated rings. The summed E-state index contributed by atoms with van der Waals surface area (Å²) in [5.41, 5.74) is -0.607. The Labute approximate surface area is 263 Å². The summed E-state index contributed by atoms with van der Waals surface area (Å²) in [4.78, 5) is 48.4. The minimum Gasteiger partial charge on any atom is -0.481 e. The molecule has 0 aromatic rings. The number of fused-ring (bicyclic) bond motifs is 3. The zero-order valence-electron chi connectivity index (χ0n) is 27.9. The maximum absolute atomic E-state index is 13.7. The number of nitrogens with zero attached hydrogens (tertiary/aromatic N) is 1. The molecule has 9 atom stereocenters. The summed E-state index contributed by atoms with van der Waals surface area (Å²) < 4.78 is 11.9. The molecular formula is C36H53NO7. The number of nitriles is 1. The number of Topliss-reactive ketones (excluding diaryl/α,β-unsaturated/α-hetero) is 2. The SMILES string of the molecule is CC1(C)CC[C@]23CC[C@]4(C)[C@H](CC[C@@H]5[C@@](C)(CC#N)[C@H](C(C)(C)C(=O)COC(=O)CC(=O)CC(=O)O)CC[C@]54C)[C@H]2[C@H]1OC3. The first-order chi connectivity index (χ1) is 20.4. The number of rotatable bonds is 9. The van der Waals surface area contributed by atoms with Gasteiger partial charge in [-0.2, -0.15) is 5.26 Å². The highest BCUT2D eigenvalue weighted by Crippen LogP contribution is 2.77. The maximum Gasteiger partial charge on any atom is 0.313 e. The van der Waals surface area contributed by atoms with Crippen LogP contribution in [0.3, 0.4) is 0 Å². The van der Waals surface area contributed by atoms with E-state index in [1.165, 1.54) is 25.7 Å². The van der Waals surface area contributed by atoms with Crippen LogP contribution in [0.15, 0.2) is 0 Å². The molecule has 5 aliphatic rings. The van der Waals surface area contributed by atoms with E-state index in [9.17, 15) is 24.4 Å². The molecule has 1 saturated heterocycles. The predicted octanol–water partition coefficient (Wildman–Crippen LogP) is 6.54. The molecule has 0 radical (unpaired) electrons. The average Bonchev–Trinajstić information content (AvgIpc) is 3.25. The van der Waals surface area contributed by atoms with Crippen LogP contribution < -0.4 is 0 Å². The lowest BCUT2D eigenvalue weighted by Crippen LogP contribution is -2.66. The highest BCUT2D eigenvalue weighted by Gasteiger charge is 2.72. The number of carboxylic acids is 1. The molecule has 4 aliphatic carbocycles. The molecule has 0 amide bonds. The number of esters is 1. The standard InChI is InChI=1S/C36H53NO7/c1-31(2)12-14-36-15-13-34(6)23(29(36)30(31)44-21-36)8-9-25-33(5,16-17-37)24(10-11-35(25,34)7)32(3,4)26(39)20-43-28(42)19-22(38)18-27(40)41/h23-25,29-30H,8-16,18-21H2,1-7H3,(H,40,41)/t23-,24+,25-,29+,30-,33+,34-,35-,36-/m1/s1. The van der Waals surface area contributed by atoms with Crippen LogP contribution in [0.5, 0.6) is 0 Å². The van der Waals surface area contributed by atoms with Crippen molar-refractivity contribution in [1.29, 1.82) is 5.26 Å². The molecule has 244 valence electrons. The van der Waals surface area contributed by atoms with Crippen molar-refractivity contribution in [2.75, 3.05) is 13.2 Å². The number of ketones is 2. The monoisotopic (exact) mass is 611 g/mol. The van der Waals surface area contributed by atoms with Gasteiger partial charge in [0.25, 0.3) is 0 Å². The second-order valence-corrected chi connectivity index (χ2v) is 17.2. The fourth-order valence-corrected chi connectivity index (χ4v) is 11.9. The number of hydrogen-bond acceptors (Lipinski definition) is 7. The number of aliphatic carboxylic acids is 1. The van der Waals surface area contributed by atoms with Gasteiger partial charge in [-0.1, -0.05) is 48.5 Å². The fraction of sp³-hybridized carbons (Fsp3) is 0.861. The summed E-state index contributed by atoms with van der Waals surface area (Å²) >= 11 is 0. The summed E-state index contributed by atoms with van der Waals surface area (Å²) in [6, 6.07) is 2.52. The van der Waals surface area contributed by atoms with Crippen molar-refractivity contribution in [3.8, 4) is 6.07 Å². The van der Waals surface area contributed by atoms with E-state index in [1.807, 2.05) is 13.8 Å². The van der Waals surface area contributed by atoms with E-state index in [2.05, 4.69) is 40.7 Å². The molecule has 1 heterocycles. The van der Waals surface area contributed by atoms with Crippen LogP contribution in [-0.2, 0) is 28.7 Å². The Bertz CT molecular complexity index is 1270. The zero-order valence-corrected chi connectivity index (χ0v) is 27.9. The van der Waals surface area contributed by atoms with E-state index in [0.717, 1.165) is 32.3 Å². The lowest BCUT2D eigenvalue weighted by Gasteiger charge is -2.72. The van der Waals surface area contributed by atoms with Gasteiger partial charge in [0.15, 0.2) is 18.2 Å². The second kappa shape index (κ2) is 10.9. The van der Waals surface area contributed by atoms with Crippen molar-refractivity contribution < 1.29 is 33.8 Å². The number of carboxylic acid groups (broad SMARTS) is 1. The molecule has 0 aromatic carbocycles. The van der Waals surface area contributed by atoms with Gasteiger partial charge in [-0.25, -0.2) is 0 Å². The van der Waals surface area contributed by atoms with Crippen molar-refractivity contribution in [1.82, 2.24) is 0 Å². The third-order valence-electron chi connectivity index (χ3n) is 14.5. The molecule has 2 bridgehead atoms. The zero-order chi connectivity index (χ0) is 32.5. The molecule has 4 saturated carbocycles. The first-order valence-electron chi connectivity index (χ1n) is 16.8. The van der Waals surface area contributed by atoms with Gasteiger partial charge >= 0.3 is 11.9 Å². The Balaban J connectivity index is 1.38. The Morgan fingerprint density at radius 3 is 2.27 bits per heavy atom. The van der Waals surface area contributed by atoms with Crippen molar-refractivity contribution in [2.45, 2.75) is 125 Å². The quantitative estimate of drug-likeness (QED) is 0.230. The minimum atomic E-state index is -1.31. The second-order valence-electron chi connectivity index (χ2n) is 17.2. The lowest BCUT2D eigenvalue weighted by molar-refractivity contribution is -0.233. The van der Waals surface area contributed by atoms with Crippen molar-refractivity contribution in [2.24, 2.45) is 56.2 Å². The number of ether oxygens (including phenoxy) is 2. The van der Waals surface area contributed by atoms with Crippen LogP contribution in [-0.4, -0.2) is 47.9 Å². The van der Waals surface area contributed by atoms with E-state index in [0.29, 0.717) is 29.8 Å². The van der Waals surface area contributed by atoms with Crippen molar-refractivity contribution in [3.05, 3.63) is 0 Å². The molecule has 1 N–H and O–H groups in total. The molecular weight excluding hydrogens is 558 g/mol. The van der Waals surface area contributed by atoms with Crippen LogP contribution in [0.25, 0.3) is 0 Å². The van der Waals surface area contributed by atoms with E-state index in [1.54, 1.807) is 0 Å². The normalized spacial score (nSPS) is 42.2. The highest BCUT2D eigenvalue weighted by atomic mass is 16.5. The summed E-state index contributed by atoms with van der Waals surface area (Å²) in [5.74, 6) is -1.80. The van der Waals surface area contributed by atoms with Gasteiger partial charge in [0.1, 0.15) is 12.8 Å². The summed E-state index contributed by atoms with van der Waals surface area (Å²) in [7, 11) is 0. The lowest BCUT2D eigenvalue weighted by atomic mass is 9.32. The highest BCUT2D eigenvalue weighted by molar-refractivity contribution is 6.03. The summed E-state index contributed by atoms with van der Waals surface area (Å²) in [5, 5.41) is 19.0. The van der Waals surface area contributed by atoms with Gasteiger partial charge in [-0.3, -0.25) is 19.2 Å². The molecule has 44 heavy (non-hydrogen) atoms. The fourth-order valence-electron chi connectivity index (χ4n) is 11.9. The van der Waals surface area contributed by atoms with E-state index in [4.69, 9.17) is 14.6 Å². The molecule has 0 aromatic heterocycles. The summed E-state index contributed by atoms with van der Waals surface area (Å²) in [6.45, 7) is 16.3.